The smallest absolute Gasteiger partial charge is 0.327 e. The lowest BCUT2D eigenvalue weighted by molar-refractivity contribution is -0.116. The molecule has 0 unspecified atom stereocenters. The molecule has 0 spiro atoms. The lowest BCUT2D eigenvalue weighted by atomic mass is 9.81. The Balaban J connectivity index is 1.50. The van der Waals surface area contributed by atoms with Crippen molar-refractivity contribution in [2.24, 2.45) is 0 Å². The second-order valence-corrected chi connectivity index (χ2v) is 8.66. The first-order chi connectivity index (χ1) is 17.2. The van der Waals surface area contributed by atoms with E-state index in [4.69, 9.17) is 8.83 Å². The van der Waals surface area contributed by atoms with Gasteiger partial charge in [0, 0.05) is 29.3 Å². The topological polar surface area (TPSA) is 87.7 Å². The van der Waals surface area contributed by atoms with E-state index in [0.29, 0.717) is 29.1 Å². The van der Waals surface area contributed by atoms with Gasteiger partial charge in [0.2, 0.25) is 0 Å². The number of nitrogens with zero attached hydrogens (tertiary/aromatic N) is 1. The number of fused-ring (bicyclic) bond motifs is 1. The number of urea groups is 1. The minimum atomic E-state index is -0.732. The van der Waals surface area contributed by atoms with E-state index >= 15 is 0 Å². The summed E-state index contributed by atoms with van der Waals surface area (Å²) < 4.78 is 11.4. The number of hydrogen-bond acceptors (Lipinski definition) is 5. The standard InChI is InChI=1S/C28H23N3O4/c32-23-17-18(24-12-6-14-34-24)16-21-26(23)27(25-13-7-15-35-25)31(22-11-5-4-10-20(22)30-21)28(33)29-19-8-2-1-3-9-19/h1-15,18,27,30H,16-17H2,(H,29,33)/t18-,27+/m0/s1. The average Bonchev–Trinajstić information content (AvgIpc) is 3.57. The van der Waals surface area contributed by atoms with Crippen LogP contribution in [0.15, 0.2) is 111 Å². The fraction of sp³-hybridized carbons (Fsp3) is 0.143. The van der Waals surface area contributed by atoms with E-state index in [-0.39, 0.29) is 24.2 Å². The van der Waals surface area contributed by atoms with E-state index in [0.717, 1.165) is 17.1 Å². The summed E-state index contributed by atoms with van der Waals surface area (Å²) in [4.78, 5) is 29.2. The Morgan fingerprint density at radius 2 is 1.57 bits per heavy atom. The maximum atomic E-state index is 13.8. The largest absolute Gasteiger partial charge is 0.469 e. The van der Waals surface area contributed by atoms with E-state index in [1.165, 1.54) is 0 Å². The van der Waals surface area contributed by atoms with Crippen molar-refractivity contribution in [1.29, 1.82) is 0 Å². The predicted octanol–water partition coefficient (Wildman–Crippen LogP) is 6.48. The van der Waals surface area contributed by atoms with Gasteiger partial charge in [0.1, 0.15) is 17.6 Å². The maximum Gasteiger partial charge on any atom is 0.327 e. The van der Waals surface area contributed by atoms with Crippen LogP contribution in [0.25, 0.3) is 0 Å². The number of allylic oxidation sites excluding steroid dienone is 1. The summed E-state index contributed by atoms with van der Waals surface area (Å²) in [6.45, 7) is 0. The van der Waals surface area contributed by atoms with Crippen LogP contribution in [0, 0.1) is 0 Å². The summed E-state index contributed by atoms with van der Waals surface area (Å²) in [6.07, 6.45) is 4.05. The average molecular weight is 466 g/mol. The molecule has 2 aromatic carbocycles. The fourth-order valence-electron chi connectivity index (χ4n) is 4.96. The lowest BCUT2D eigenvalue weighted by Gasteiger charge is -2.33. The number of para-hydroxylation sites is 3. The number of benzene rings is 2. The Morgan fingerprint density at radius 1 is 0.857 bits per heavy atom. The number of furan rings is 2. The molecular formula is C28H23N3O4. The Labute approximate surface area is 202 Å². The highest BCUT2D eigenvalue weighted by molar-refractivity contribution is 6.09. The first-order valence-corrected chi connectivity index (χ1v) is 11.5. The van der Waals surface area contributed by atoms with E-state index in [1.54, 1.807) is 29.6 Å². The van der Waals surface area contributed by atoms with Gasteiger partial charge in [-0.25, -0.2) is 4.79 Å². The third kappa shape index (κ3) is 3.81. The quantitative estimate of drug-likeness (QED) is 0.362. The second-order valence-electron chi connectivity index (χ2n) is 8.66. The number of rotatable bonds is 3. The van der Waals surface area contributed by atoms with Gasteiger partial charge in [-0.05, 0) is 55.0 Å². The van der Waals surface area contributed by atoms with Crippen LogP contribution in [-0.4, -0.2) is 11.8 Å². The molecule has 4 aromatic rings. The van der Waals surface area contributed by atoms with Gasteiger partial charge < -0.3 is 19.5 Å². The van der Waals surface area contributed by atoms with Crippen LogP contribution in [0.2, 0.25) is 0 Å². The van der Waals surface area contributed by atoms with Gasteiger partial charge in [-0.3, -0.25) is 9.69 Å². The predicted molar refractivity (Wildman–Crippen MR) is 132 cm³/mol. The zero-order valence-electron chi connectivity index (χ0n) is 18.8. The van der Waals surface area contributed by atoms with Crippen molar-refractivity contribution >= 4 is 28.9 Å². The molecule has 2 atom stereocenters. The van der Waals surface area contributed by atoms with Crippen LogP contribution < -0.4 is 15.5 Å². The number of Topliss-reactive ketones (excluding diaryl/α,β-unsaturated/α-hetero) is 1. The molecule has 0 saturated heterocycles. The molecule has 2 aromatic heterocycles. The van der Waals surface area contributed by atoms with Crippen molar-refractivity contribution in [2.75, 3.05) is 15.5 Å². The summed E-state index contributed by atoms with van der Waals surface area (Å²) in [5.41, 5.74) is 3.35. The Bertz CT molecular complexity index is 1390. The first kappa shape index (κ1) is 21.0. The first-order valence-electron chi connectivity index (χ1n) is 11.5. The van der Waals surface area contributed by atoms with E-state index in [2.05, 4.69) is 10.6 Å². The summed E-state index contributed by atoms with van der Waals surface area (Å²) in [5.74, 6) is 1.16. The van der Waals surface area contributed by atoms with Crippen molar-refractivity contribution in [2.45, 2.75) is 24.8 Å². The highest BCUT2D eigenvalue weighted by Crippen LogP contribution is 2.47. The minimum Gasteiger partial charge on any atom is -0.469 e. The molecule has 2 N–H and O–H groups in total. The van der Waals surface area contributed by atoms with E-state index < -0.39 is 6.04 Å². The van der Waals surface area contributed by atoms with Gasteiger partial charge in [0.05, 0.1) is 23.9 Å². The summed E-state index contributed by atoms with van der Waals surface area (Å²) >= 11 is 0. The van der Waals surface area contributed by atoms with Crippen molar-refractivity contribution in [3.05, 3.63) is 114 Å². The molecule has 7 nitrogen and oxygen atoms in total. The van der Waals surface area contributed by atoms with Gasteiger partial charge in [-0.1, -0.05) is 30.3 Å². The Kier molecular flexibility index (Phi) is 5.22. The van der Waals surface area contributed by atoms with Crippen LogP contribution in [0.5, 0.6) is 0 Å². The summed E-state index contributed by atoms with van der Waals surface area (Å²) in [7, 11) is 0. The normalized spacial score (nSPS) is 19.4. The van der Waals surface area contributed by atoms with Crippen molar-refractivity contribution in [1.82, 2.24) is 0 Å². The van der Waals surface area contributed by atoms with Crippen molar-refractivity contribution in [3.63, 3.8) is 0 Å². The number of amides is 2. The molecule has 2 aliphatic rings. The molecule has 2 amide bonds. The Hall–Kier alpha value is -4.52. The van der Waals surface area contributed by atoms with Crippen LogP contribution >= 0.6 is 0 Å². The van der Waals surface area contributed by atoms with Gasteiger partial charge in [-0.15, -0.1) is 0 Å². The fourth-order valence-corrected chi connectivity index (χ4v) is 4.96. The monoisotopic (exact) mass is 465 g/mol. The lowest BCUT2D eigenvalue weighted by Crippen LogP contribution is -2.40. The molecule has 0 fully saturated rings. The SMILES string of the molecule is O=C1C[C@@H](c2ccco2)CC2=C1[C@@H](c1ccco1)N(C(=O)Nc1ccccc1)c1ccccc1N2. The summed E-state index contributed by atoms with van der Waals surface area (Å²) in [5, 5.41) is 6.46. The van der Waals surface area contributed by atoms with Gasteiger partial charge in [-0.2, -0.15) is 0 Å². The van der Waals surface area contributed by atoms with Gasteiger partial charge in [0.15, 0.2) is 5.78 Å². The Morgan fingerprint density at radius 3 is 2.31 bits per heavy atom. The minimum absolute atomic E-state index is 0.0492. The number of ketones is 1. The highest BCUT2D eigenvalue weighted by Gasteiger charge is 2.43. The molecule has 6 rings (SSSR count). The number of hydrogen-bond donors (Lipinski definition) is 2. The molecule has 174 valence electrons. The summed E-state index contributed by atoms with van der Waals surface area (Å²) in [6, 6.07) is 23.0. The molecule has 0 bridgehead atoms. The van der Waals surface area contributed by atoms with Crippen LogP contribution in [-0.2, 0) is 4.79 Å². The molecular weight excluding hydrogens is 442 g/mol. The van der Waals surface area contributed by atoms with Crippen LogP contribution in [0.3, 0.4) is 0 Å². The number of nitrogens with one attached hydrogen (secondary N) is 2. The molecule has 0 radical (unpaired) electrons. The van der Waals surface area contributed by atoms with Gasteiger partial charge in [0.25, 0.3) is 0 Å². The van der Waals surface area contributed by atoms with E-state index in [9.17, 15) is 9.59 Å². The van der Waals surface area contributed by atoms with Crippen molar-refractivity contribution < 1.29 is 18.4 Å². The highest BCUT2D eigenvalue weighted by atomic mass is 16.3. The number of carbonyl (C=O) groups is 2. The van der Waals surface area contributed by atoms with Crippen molar-refractivity contribution in [3.8, 4) is 0 Å². The van der Waals surface area contributed by atoms with E-state index in [1.807, 2.05) is 66.7 Å². The van der Waals surface area contributed by atoms with Crippen LogP contribution in [0.4, 0.5) is 21.9 Å². The molecule has 3 heterocycles. The third-order valence-corrected chi connectivity index (χ3v) is 6.49. The third-order valence-electron chi connectivity index (χ3n) is 6.49. The molecule has 0 saturated carbocycles. The van der Waals surface area contributed by atoms with Gasteiger partial charge >= 0.3 is 6.03 Å². The molecule has 7 heteroatoms. The van der Waals surface area contributed by atoms with Crippen LogP contribution in [0.1, 0.15) is 36.3 Å². The second kappa shape index (κ2) is 8.68. The maximum absolute atomic E-state index is 13.8. The number of carbonyl (C=O) groups excluding carboxylic acids is 2. The molecule has 1 aliphatic heterocycles. The number of anilines is 3. The molecule has 35 heavy (non-hydrogen) atoms. The molecule has 1 aliphatic carbocycles. The zero-order chi connectivity index (χ0) is 23.8. The zero-order valence-corrected chi connectivity index (χ0v) is 18.8.